The second-order valence-electron chi connectivity index (χ2n) is 12.3. The van der Waals surface area contributed by atoms with E-state index in [0.29, 0.717) is 29.3 Å². The first-order valence-electron chi connectivity index (χ1n) is 13.7. The number of furan rings is 1. The highest BCUT2D eigenvalue weighted by Gasteiger charge is 2.70. The molecule has 0 fully saturated rings. The number of amides is 1. The van der Waals surface area contributed by atoms with Crippen molar-refractivity contribution in [1.29, 1.82) is 0 Å². The van der Waals surface area contributed by atoms with Crippen molar-refractivity contribution in [2.75, 3.05) is 47.2 Å². The van der Waals surface area contributed by atoms with Gasteiger partial charge in [-0.1, -0.05) is 0 Å². The number of ketones is 2. The Morgan fingerprint density at radius 2 is 1.74 bits per heavy atom. The van der Waals surface area contributed by atoms with Crippen molar-refractivity contribution >= 4 is 23.2 Å². The van der Waals surface area contributed by atoms with Gasteiger partial charge in [-0.2, -0.15) is 0 Å². The summed E-state index contributed by atoms with van der Waals surface area (Å²) in [5.41, 5.74) is 7.13. The summed E-state index contributed by atoms with van der Waals surface area (Å²) in [6.07, 6.45) is -0.136. The van der Waals surface area contributed by atoms with E-state index in [1.54, 1.807) is 37.2 Å². The van der Waals surface area contributed by atoms with Crippen LogP contribution in [-0.2, 0) is 22.6 Å². The fourth-order valence-corrected chi connectivity index (χ4v) is 7.02. The minimum absolute atomic E-state index is 0.0996. The minimum Gasteiger partial charge on any atom is -0.510 e. The molecule has 0 saturated carbocycles. The van der Waals surface area contributed by atoms with Crippen LogP contribution in [-0.4, -0.2) is 107 Å². The van der Waals surface area contributed by atoms with Gasteiger partial charge in [0.15, 0.2) is 5.78 Å². The number of rotatable bonds is 6. The number of Topliss-reactive ketones (excluding diaryl/α,β-unsaturated/α-hetero) is 2. The molecule has 1 aromatic heterocycles. The van der Waals surface area contributed by atoms with Crippen molar-refractivity contribution in [2.24, 2.45) is 17.4 Å². The molecule has 13 heteroatoms. The third-order valence-corrected chi connectivity index (χ3v) is 8.77. The lowest BCUT2D eigenvalue weighted by Gasteiger charge is -2.56. The highest BCUT2D eigenvalue weighted by molar-refractivity contribution is 6.25. The molecule has 1 amide bonds. The number of primary amides is 1. The predicted molar refractivity (Wildman–Crippen MR) is 157 cm³/mol. The highest BCUT2D eigenvalue weighted by Crippen LogP contribution is 2.55. The lowest BCUT2D eigenvalue weighted by atomic mass is 9.54. The van der Waals surface area contributed by atoms with Gasteiger partial charge in [0.25, 0.3) is 5.91 Å². The second kappa shape index (κ2) is 9.95. The maximum Gasteiger partial charge on any atom is 0.255 e. The number of hydrogen-bond acceptors (Lipinski definition) is 12. The maximum absolute atomic E-state index is 14.3. The fraction of sp³-hybridized carbons (Fsp3) is 0.433. The van der Waals surface area contributed by atoms with Crippen LogP contribution in [0.1, 0.15) is 28.1 Å². The molecule has 13 nitrogen and oxygen atoms in total. The molecule has 230 valence electrons. The van der Waals surface area contributed by atoms with E-state index in [-0.39, 0.29) is 35.3 Å². The van der Waals surface area contributed by atoms with Crippen molar-refractivity contribution in [3.8, 4) is 17.1 Å². The Balaban J connectivity index is 1.75. The third-order valence-electron chi connectivity index (χ3n) is 8.77. The molecule has 1 heterocycles. The molecule has 4 atom stereocenters. The van der Waals surface area contributed by atoms with Crippen LogP contribution in [0.3, 0.4) is 0 Å². The second-order valence-corrected chi connectivity index (χ2v) is 12.3. The quantitative estimate of drug-likeness (QED) is 0.254. The van der Waals surface area contributed by atoms with Crippen LogP contribution < -0.4 is 16.4 Å². The Morgan fingerprint density at radius 1 is 1.09 bits per heavy atom. The molecule has 0 aliphatic heterocycles. The normalized spacial score (nSPS) is 27.0. The third kappa shape index (κ3) is 4.10. The minimum atomic E-state index is -2.97. The fourth-order valence-electron chi connectivity index (χ4n) is 7.02. The van der Waals surface area contributed by atoms with Gasteiger partial charge in [0.2, 0.25) is 11.4 Å². The number of benzene rings is 1. The van der Waals surface area contributed by atoms with Gasteiger partial charge in [-0.05, 0) is 70.7 Å². The SMILES string of the molecule is CN(C)Cc1ccc(-c2cc(N(C)C)c3c(c2O)C(=O)C2=C(O)[C@]4(O)C(=O)C(C(N)=O)=C(O)C(N(C)C)[C@]4(N)C[C@@H]2C3)o1. The van der Waals surface area contributed by atoms with E-state index >= 15 is 0 Å². The topological polar surface area (TPSA) is 207 Å². The van der Waals surface area contributed by atoms with Crippen LogP contribution in [0.15, 0.2) is 45.3 Å². The van der Waals surface area contributed by atoms with E-state index in [4.69, 9.17) is 15.9 Å². The van der Waals surface area contributed by atoms with Crippen LogP contribution in [0.2, 0.25) is 0 Å². The van der Waals surface area contributed by atoms with E-state index in [0.717, 1.165) is 0 Å². The van der Waals surface area contributed by atoms with Crippen molar-refractivity contribution in [1.82, 2.24) is 9.80 Å². The zero-order valence-electron chi connectivity index (χ0n) is 24.9. The van der Waals surface area contributed by atoms with Crippen LogP contribution in [0.5, 0.6) is 5.75 Å². The van der Waals surface area contributed by atoms with Gasteiger partial charge in [0.05, 0.1) is 29.3 Å². The molecular formula is C30H37N5O8. The average Bonchev–Trinajstić information content (AvgIpc) is 3.33. The number of hydrogen-bond donors (Lipinski definition) is 6. The standard InChI is InChI=1S/C30H37N5O8/c1-33(2)12-14-7-8-18(43-14)16-10-17(34(3)4)15-9-13-11-29(32)25(35(5)6)24(38)21(28(31)41)27(40)30(29,42)26(39)19(13)23(37)20(15)22(16)36/h7-8,10,13,25,36,38-39,42H,9,11-12,32H2,1-6H3,(H2,31,41)/t13-,25?,29+,30-/m0/s1. The van der Waals surface area contributed by atoms with E-state index in [9.17, 15) is 34.8 Å². The number of carbonyl (C=O) groups excluding carboxylic acids is 3. The van der Waals surface area contributed by atoms with Crippen LogP contribution in [0, 0.1) is 5.92 Å². The van der Waals surface area contributed by atoms with Gasteiger partial charge < -0.3 is 46.1 Å². The van der Waals surface area contributed by atoms with Crippen LogP contribution in [0.4, 0.5) is 5.69 Å². The van der Waals surface area contributed by atoms with Gasteiger partial charge in [-0.15, -0.1) is 0 Å². The monoisotopic (exact) mass is 595 g/mol. The Morgan fingerprint density at radius 3 is 2.30 bits per heavy atom. The highest BCUT2D eigenvalue weighted by atomic mass is 16.4. The number of phenolic OH excluding ortho intramolecular Hbond substituents is 1. The molecule has 3 aliphatic rings. The number of carbonyl (C=O) groups is 3. The number of aliphatic hydroxyl groups excluding tert-OH is 2. The van der Waals surface area contributed by atoms with E-state index in [1.165, 1.54) is 19.0 Å². The number of fused-ring (bicyclic) bond motifs is 3. The molecule has 8 N–H and O–H groups in total. The van der Waals surface area contributed by atoms with Crippen LogP contribution in [0.25, 0.3) is 11.3 Å². The number of allylic oxidation sites excluding steroid dienone is 1. The molecule has 43 heavy (non-hydrogen) atoms. The molecule has 3 aliphatic carbocycles. The molecule has 0 radical (unpaired) electrons. The number of likely N-dealkylation sites (N-methyl/N-ethyl adjacent to an activating group) is 1. The van der Waals surface area contributed by atoms with Gasteiger partial charge in [0.1, 0.15) is 34.4 Å². The average molecular weight is 596 g/mol. The largest absolute Gasteiger partial charge is 0.510 e. The molecule has 5 rings (SSSR count). The zero-order chi connectivity index (χ0) is 31.9. The zero-order valence-corrected chi connectivity index (χ0v) is 24.9. The van der Waals surface area contributed by atoms with Gasteiger partial charge in [-0.25, -0.2) is 0 Å². The summed E-state index contributed by atoms with van der Waals surface area (Å²) in [6.45, 7) is 0.506. The summed E-state index contributed by atoms with van der Waals surface area (Å²) < 4.78 is 5.97. The van der Waals surface area contributed by atoms with E-state index < -0.39 is 57.7 Å². The smallest absolute Gasteiger partial charge is 0.255 e. The maximum atomic E-state index is 14.3. The lowest BCUT2D eigenvalue weighted by molar-refractivity contribution is -0.152. The summed E-state index contributed by atoms with van der Waals surface area (Å²) in [7, 11) is 10.4. The first kappa shape index (κ1) is 30.3. The molecule has 0 saturated heterocycles. The lowest BCUT2D eigenvalue weighted by Crippen LogP contribution is -2.79. The van der Waals surface area contributed by atoms with Gasteiger partial charge in [-0.3, -0.25) is 19.3 Å². The molecule has 0 spiro atoms. The molecule has 1 unspecified atom stereocenters. The molecule has 2 aromatic rings. The van der Waals surface area contributed by atoms with Crippen molar-refractivity contribution in [3.05, 3.63) is 57.8 Å². The van der Waals surface area contributed by atoms with E-state index in [2.05, 4.69) is 0 Å². The number of anilines is 1. The summed E-state index contributed by atoms with van der Waals surface area (Å²) in [5.74, 6) is -5.55. The predicted octanol–water partition coefficient (Wildman–Crippen LogP) is 0.590. The molecule has 1 aromatic carbocycles. The van der Waals surface area contributed by atoms with Crippen molar-refractivity contribution < 1.29 is 39.2 Å². The van der Waals surface area contributed by atoms with Gasteiger partial charge >= 0.3 is 0 Å². The Kier molecular flexibility index (Phi) is 7.01. The molecule has 0 bridgehead atoms. The Labute approximate surface area is 248 Å². The Bertz CT molecular complexity index is 1640. The van der Waals surface area contributed by atoms with Crippen LogP contribution >= 0.6 is 0 Å². The number of phenols is 1. The van der Waals surface area contributed by atoms with E-state index in [1.807, 2.05) is 19.0 Å². The summed E-state index contributed by atoms with van der Waals surface area (Å²) >= 11 is 0. The first-order chi connectivity index (χ1) is 20.0. The summed E-state index contributed by atoms with van der Waals surface area (Å²) in [6, 6.07) is 3.84. The first-order valence-corrected chi connectivity index (χ1v) is 13.7. The number of aromatic hydroxyl groups is 1. The van der Waals surface area contributed by atoms with Gasteiger partial charge in [0, 0.05) is 25.4 Å². The van der Waals surface area contributed by atoms with Crippen molar-refractivity contribution in [3.63, 3.8) is 0 Å². The summed E-state index contributed by atoms with van der Waals surface area (Å²) in [4.78, 5) is 45.2. The number of aliphatic hydroxyl groups is 3. The van der Waals surface area contributed by atoms with Crippen molar-refractivity contribution in [2.45, 2.75) is 36.6 Å². The number of nitrogens with two attached hydrogens (primary N) is 2. The Hall–Kier alpha value is -4.17. The summed E-state index contributed by atoms with van der Waals surface area (Å²) in [5, 5.41) is 46.1. The molecular weight excluding hydrogens is 558 g/mol. The number of nitrogens with zero attached hydrogens (tertiary/aromatic N) is 3.